The van der Waals surface area contributed by atoms with Crippen LogP contribution in [0.5, 0.6) is 0 Å². The van der Waals surface area contributed by atoms with E-state index in [9.17, 15) is 9.59 Å². The summed E-state index contributed by atoms with van der Waals surface area (Å²) < 4.78 is 5.09. The summed E-state index contributed by atoms with van der Waals surface area (Å²) in [5.74, 6) is -0.233. The third kappa shape index (κ3) is 8.64. The van der Waals surface area contributed by atoms with Gasteiger partial charge in [0.25, 0.3) is 0 Å². The summed E-state index contributed by atoms with van der Waals surface area (Å²) in [6.45, 7) is 8.75. The van der Waals surface area contributed by atoms with Crippen molar-refractivity contribution in [2.45, 2.75) is 47.0 Å². The molecule has 0 radical (unpaired) electrons. The summed E-state index contributed by atoms with van der Waals surface area (Å²) in [6.07, 6.45) is 4.03. The van der Waals surface area contributed by atoms with Gasteiger partial charge in [-0.2, -0.15) is 0 Å². The number of ether oxygens (including phenoxy) is 1. The van der Waals surface area contributed by atoms with Gasteiger partial charge in [-0.1, -0.05) is 34.1 Å². The van der Waals surface area contributed by atoms with Gasteiger partial charge in [0.15, 0.2) is 0 Å². The van der Waals surface area contributed by atoms with Crippen LogP contribution in [-0.4, -0.2) is 25.2 Å². The Morgan fingerprint density at radius 2 is 2.06 bits per heavy atom. The lowest BCUT2D eigenvalue weighted by Gasteiger charge is -2.24. The maximum absolute atomic E-state index is 11.8. The van der Waals surface area contributed by atoms with Gasteiger partial charge < -0.3 is 4.74 Å². The maximum atomic E-state index is 11.8. The third-order valence-electron chi connectivity index (χ3n) is 2.34. The van der Waals surface area contributed by atoms with Crippen LogP contribution in [0.25, 0.3) is 0 Å². The first-order valence-corrected chi connectivity index (χ1v) is 6.11. The molecule has 98 valence electrons. The van der Waals surface area contributed by atoms with Crippen LogP contribution in [0.1, 0.15) is 47.0 Å². The Morgan fingerprint density at radius 3 is 2.53 bits per heavy atom. The summed E-state index contributed by atoms with van der Waals surface area (Å²) in [4.78, 5) is 25.0. The lowest BCUT2D eigenvalue weighted by Crippen LogP contribution is -2.24. The standard InChI is InChI=1S/C13H23NO3/c1-5-6-11(9-13(2,3)4)12(16)17-8-7-14-10-15/h11H,5-9H2,1-4H3. The normalized spacial score (nSPS) is 12.7. The van der Waals surface area contributed by atoms with Gasteiger partial charge >= 0.3 is 5.97 Å². The van der Waals surface area contributed by atoms with Crippen molar-refractivity contribution in [2.24, 2.45) is 16.3 Å². The van der Waals surface area contributed by atoms with E-state index in [0.717, 1.165) is 19.3 Å². The highest BCUT2D eigenvalue weighted by Crippen LogP contribution is 2.27. The zero-order chi connectivity index (χ0) is 13.3. The molecule has 0 aliphatic carbocycles. The summed E-state index contributed by atoms with van der Waals surface area (Å²) in [6, 6.07) is 0. The molecule has 4 heteroatoms. The summed E-state index contributed by atoms with van der Waals surface area (Å²) in [5, 5.41) is 0. The molecule has 0 N–H and O–H groups in total. The quantitative estimate of drug-likeness (QED) is 0.298. The maximum Gasteiger partial charge on any atom is 0.309 e. The Kier molecular flexibility index (Phi) is 7.47. The van der Waals surface area contributed by atoms with E-state index in [1.54, 1.807) is 0 Å². The van der Waals surface area contributed by atoms with E-state index in [1.165, 1.54) is 6.08 Å². The van der Waals surface area contributed by atoms with Crippen molar-refractivity contribution in [3.8, 4) is 0 Å². The number of rotatable bonds is 7. The van der Waals surface area contributed by atoms with Crippen LogP contribution < -0.4 is 0 Å². The molecule has 1 unspecified atom stereocenters. The molecular weight excluding hydrogens is 218 g/mol. The molecule has 1 atom stereocenters. The first-order valence-electron chi connectivity index (χ1n) is 6.11. The Labute approximate surface area is 103 Å². The van der Waals surface area contributed by atoms with Gasteiger partial charge in [-0.15, -0.1) is 0 Å². The molecule has 0 spiro atoms. The van der Waals surface area contributed by atoms with E-state index in [0.29, 0.717) is 0 Å². The molecule has 0 saturated heterocycles. The molecule has 0 aromatic carbocycles. The molecule has 0 heterocycles. The zero-order valence-electron chi connectivity index (χ0n) is 11.3. The van der Waals surface area contributed by atoms with Crippen molar-refractivity contribution < 1.29 is 14.3 Å². The van der Waals surface area contributed by atoms with Gasteiger partial charge in [0.1, 0.15) is 6.61 Å². The molecule has 0 saturated carbocycles. The van der Waals surface area contributed by atoms with E-state index in [2.05, 4.69) is 32.7 Å². The first-order chi connectivity index (χ1) is 7.90. The largest absolute Gasteiger partial charge is 0.463 e. The molecule has 0 aliphatic rings. The van der Waals surface area contributed by atoms with Crippen LogP contribution in [0, 0.1) is 11.3 Å². The monoisotopic (exact) mass is 241 g/mol. The molecule has 0 aromatic rings. The fourth-order valence-electron chi connectivity index (χ4n) is 1.75. The van der Waals surface area contributed by atoms with Crippen molar-refractivity contribution >= 4 is 12.0 Å². The van der Waals surface area contributed by atoms with Crippen LogP contribution in [0.15, 0.2) is 4.99 Å². The molecule has 0 rings (SSSR count). The fraction of sp³-hybridized carbons (Fsp3) is 0.846. The van der Waals surface area contributed by atoms with E-state index in [-0.39, 0.29) is 30.5 Å². The second kappa shape index (κ2) is 8.02. The van der Waals surface area contributed by atoms with Crippen molar-refractivity contribution in [1.82, 2.24) is 0 Å². The van der Waals surface area contributed by atoms with Crippen molar-refractivity contribution in [1.29, 1.82) is 0 Å². The first kappa shape index (κ1) is 15.9. The van der Waals surface area contributed by atoms with E-state index >= 15 is 0 Å². The minimum absolute atomic E-state index is 0.0554. The van der Waals surface area contributed by atoms with E-state index in [1.807, 2.05) is 0 Å². The van der Waals surface area contributed by atoms with Crippen molar-refractivity contribution in [2.75, 3.05) is 13.2 Å². The minimum Gasteiger partial charge on any atom is -0.463 e. The average Bonchev–Trinajstić information content (AvgIpc) is 2.21. The van der Waals surface area contributed by atoms with E-state index in [4.69, 9.17) is 4.74 Å². The molecule has 0 amide bonds. The lowest BCUT2D eigenvalue weighted by atomic mass is 9.83. The molecule has 0 bridgehead atoms. The molecule has 17 heavy (non-hydrogen) atoms. The second-order valence-corrected chi connectivity index (χ2v) is 5.39. The van der Waals surface area contributed by atoms with Gasteiger partial charge in [0.2, 0.25) is 6.08 Å². The van der Waals surface area contributed by atoms with Gasteiger partial charge in [0, 0.05) is 0 Å². The predicted octanol–water partition coefficient (Wildman–Crippen LogP) is 2.72. The number of carbonyl (C=O) groups excluding carboxylic acids is 2. The Bertz CT molecular complexity index is 275. The van der Waals surface area contributed by atoms with Crippen LogP contribution in [0.2, 0.25) is 0 Å². The number of isocyanates is 1. The van der Waals surface area contributed by atoms with Gasteiger partial charge in [-0.3, -0.25) is 4.79 Å². The molecule has 0 fully saturated rings. The van der Waals surface area contributed by atoms with Gasteiger partial charge in [0.05, 0.1) is 12.5 Å². The van der Waals surface area contributed by atoms with Crippen LogP contribution >= 0.6 is 0 Å². The number of hydrogen-bond acceptors (Lipinski definition) is 4. The summed E-state index contributed by atoms with van der Waals surface area (Å²) in [5.41, 5.74) is 0.111. The molecule has 0 aliphatic heterocycles. The molecule has 0 aromatic heterocycles. The van der Waals surface area contributed by atoms with Crippen molar-refractivity contribution in [3.63, 3.8) is 0 Å². The van der Waals surface area contributed by atoms with Gasteiger partial charge in [-0.25, -0.2) is 9.79 Å². The number of nitrogens with zero attached hydrogens (tertiary/aromatic N) is 1. The predicted molar refractivity (Wildman–Crippen MR) is 66.4 cm³/mol. The smallest absolute Gasteiger partial charge is 0.309 e. The summed E-state index contributed by atoms with van der Waals surface area (Å²) in [7, 11) is 0. The highest BCUT2D eigenvalue weighted by molar-refractivity contribution is 5.72. The van der Waals surface area contributed by atoms with Crippen LogP contribution in [0.4, 0.5) is 0 Å². The van der Waals surface area contributed by atoms with Crippen LogP contribution in [-0.2, 0) is 14.3 Å². The zero-order valence-corrected chi connectivity index (χ0v) is 11.3. The Hall–Kier alpha value is -1.15. The highest BCUT2D eigenvalue weighted by atomic mass is 16.5. The number of hydrogen-bond donors (Lipinski definition) is 0. The van der Waals surface area contributed by atoms with Crippen molar-refractivity contribution in [3.05, 3.63) is 0 Å². The minimum atomic E-state index is -0.178. The van der Waals surface area contributed by atoms with E-state index < -0.39 is 0 Å². The summed E-state index contributed by atoms with van der Waals surface area (Å²) >= 11 is 0. The van der Waals surface area contributed by atoms with Crippen LogP contribution in [0.3, 0.4) is 0 Å². The third-order valence-corrected chi connectivity index (χ3v) is 2.34. The second-order valence-electron chi connectivity index (χ2n) is 5.39. The topological polar surface area (TPSA) is 55.7 Å². The lowest BCUT2D eigenvalue weighted by molar-refractivity contribution is -0.149. The Morgan fingerprint density at radius 1 is 1.41 bits per heavy atom. The molecule has 4 nitrogen and oxygen atoms in total. The number of esters is 1. The SMILES string of the molecule is CCCC(CC(C)(C)C)C(=O)OCCN=C=O. The highest BCUT2D eigenvalue weighted by Gasteiger charge is 2.25. The Balaban J connectivity index is 4.19. The fourth-order valence-corrected chi connectivity index (χ4v) is 1.75. The van der Waals surface area contributed by atoms with Gasteiger partial charge in [-0.05, 0) is 18.3 Å². The average molecular weight is 241 g/mol. The molecular formula is C13H23NO3. The number of aliphatic imine (C=N–C) groups is 1. The number of carbonyl (C=O) groups is 1.